The molecule has 1 aliphatic rings. The smallest absolute Gasteiger partial charge is 0.265 e. The highest BCUT2D eigenvalue weighted by atomic mass is 35.5. The molecule has 0 spiro atoms. The minimum Gasteiger partial charge on any atom is -0.505 e. The number of aromatic hydroxyl groups is 1. The summed E-state index contributed by atoms with van der Waals surface area (Å²) in [6, 6.07) is 6.70. The number of fused-ring (bicyclic) bond motifs is 3. The molecule has 0 aliphatic carbocycles. The van der Waals surface area contributed by atoms with E-state index < -0.39 is 6.17 Å². The number of halogens is 3. The molecular formula is C22H16Cl3N3O4S. The SMILES string of the molecule is COCc1cc(C)nc2sc3c(c12)N[C@H](c1ccc(-c2c(Cl)cc(Cl)c(Cl)c2O)o1)NC3=O. The standard InChI is InChI=1S/C22H16Cl3N3O4S/c1-8-5-9(7-31-2)14-17-19(33-22(14)26-8)21(30)28-20(27-17)13-4-3-12(32-13)15-10(23)6-11(24)16(25)18(15)29/h3-6,20,27,29H,7H2,1-2H3,(H,28,30)/t20-/m0/s1. The highest BCUT2D eigenvalue weighted by Crippen LogP contribution is 2.46. The lowest BCUT2D eigenvalue weighted by molar-refractivity contribution is 0.0935. The summed E-state index contributed by atoms with van der Waals surface area (Å²) in [6.45, 7) is 2.29. The maximum Gasteiger partial charge on any atom is 0.265 e. The van der Waals surface area contributed by atoms with Gasteiger partial charge in [-0.05, 0) is 36.8 Å². The zero-order valence-electron chi connectivity index (χ0n) is 17.3. The molecule has 3 aromatic heterocycles. The number of carbonyl (C=O) groups is 1. The van der Waals surface area contributed by atoms with E-state index >= 15 is 0 Å². The van der Waals surface area contributed by atoms with Crippen LogP contribution in [0.3, 0.4) is 0 Å². The number of hydrogen-bond donors (Lipinski definition) is 3. The minimum atomic E-state index is -0.656. The molecule has 0 bridgehead atoms. The first-order chi connectivity index (χ1) is 15.8. The normalized spacial score (nSPS) is 15.4. The Labute approximate surface area is 207 Å². The summed E-state index contributed by atoms with van der Waals surface area (Å²) < 4.78 is 11.3. The zero-order valence-corrected chi connectivity index (χ0v) is 20.3. The van der Waals surface area contributed by atoms with Gasteiger partial charge >= 0.3 is 0 Å². The average Bonchev–Trinajstić information content (AvgIpc) is 3.37. The lowest BCUT2D eigenvalue weighted by Crippen LogP contribution is -2.37. The van der Waals surface area contributed by atoms with E-state index in [0.717, 1.165) is 21.5 Å². The number of nitrogens with zero attached hydrogens (tertiary/aromatic N) is 1. The van der Waals surface area contributed by atoms with Gasteiger partial charge in [-0.15, -0.1) is 11.3 Å². The van der Waals surface area contributed by atoms with Gasteiger partial charge in [0.1, 0.15) is 32.0 Å². The summed E-state index contributed by atoms with van der Waals surface area (Å²) in [7, 11) is 1.62. The first kappa shape index (κ1) is 22.3. The number of ether oxygens (including phenoxy) is 1. The van der Waals surface area contributed by atoms with Crippen LogP contribution in [-0.4, -0.2) is 23.1 Å². The Kier molecular flexibility index (Phi) is 5.66. The van der Waals surface area contributed by atoms with Gasteiger partial charge in [-0.3, -0.25) is 4.79 Å². The molecule has 0 saturated heterocycles. The van der Waals surface area contributed by atoms with Crippen molar-refractivity contribution in [3.8, 4) is 17.1 Å². The molecule has 4 heterocycles. The van der Waals surface area contributed by atoms with Crippen molar-refractivity contribution in [1.82, 2.24) is 10.3 Å². The summed E-state index contributed by atoms with van der Waals surface area (Å²) >= 11 is 19.6. The number of anilines is 1. The highest BCUT2D eigenvalue weighted by Gasteiger charge is 2.32. The molecule has 7 nitrogen and oxygen atoms in total. The number of carbonyl (C=O) groups excluding carboxylic acids is 1. The van der Waals surface area contributed by atoms with E-state index in [9.17, 15) is 9.90 Å². The molecule has 0 radical (unpaired) electrons. The van der Waals surface area contributed by atoms with E-state index in [-0.39, 0.29) is 38.0 Å². The van der Waals surface area contributed by atoms with Crippen molar-refractivity contribution in [3.05, 3.63) is 61.2 Å². The Morgan fingerprint density at radius 1 is 1.21 bits per heavy atom. The number of furan rings is 1. The lowest BCUT2D eigenvalue weighted by atomic mass is 10.1. The van der Waals surface area contributed by atoms with Crippen LogP contribution in [0, 0.1) is 6.92 Å². The van der Waals surface area contributed by atoms with Gasteiger partial charge in [0.25, 0.3) is 5.91 Å². The van der Waals surface area contributed by atoms with E-state index in [1.807, 2.05) is 13.0 Å². The van der Waals surface area contributed by atoms with Crippen LogP contribution < -0.4 is 10.6 Å². The number of benzene rings is 1. The minimum absolute atomic E-state index is 0.0269. The number of pyridine rings is 1. The Balaban J connectivity index is 1.56. The molecule has 170 valence electrons. The van der Waals surface area contributed by atoms with Crippen LogP contribution >= 0.6 is 46.1 Å². The number of phenolic OH excluding ortho intramolecular Hbond substituents is 1. The molecule has 0 fully saturated rings. The van der Waals surface area contributed by atoms with Crippen molar-refractivity contribution in [3.63, 3.8) is 0 Å². The van der Waals surface area contributed by atoms with E-state index in [1.54, 1.807) is 19.2 Å². The van der Waals surface area contributed by atoms with Crippen LogP contribution in [0.4, 0.5) is 5.69 Å². The van der Waals surface area contributed by atoms with Gasteiger partial charge in [-0.25, -0.2) is 4.98 Å². The quantitative estimate of drug-likeness (QED) is 0.263. The van der Waals surface area contributed by atoms with Crippen LogP contribution in [0.5, 0.6) is 5.75 Å². The molecular weight excluding hydrogens is 509 g/mol. The Hall–Kier alpha value is -2.49. The van der Waals surface area contributed by atoms with Gasteiger partial charge in [0.05, 0.1) is 27.9 Å². The molecule has 1 amide bonds. The number of phenols is 1. The summed E-state index contributed by atoms with van der Waals surface area (Å²) in [4.78, 5) is 18.8. The molecule has 0 saturated carbocycles. The van der Waals surface area contributed by atoms with Crippen LogP contribution in [0.25, 0.3) is 21.5 Å². The fourth-order valence-electron chi connectivity index (χ4n) is 3.86. The molecule has 33 heavy (non-hydrogen) atoms. The Morgan fingerprint density at radius 3 is 2.76 bits per heavy atom. The third-order valence-corrected chi connectivity index (χ3v) is 7.40. The van der Waals surface area contributed by atoms with Gasteiger partial charge in [-0.2, -0.15) is 0 Å². The molecule has 1 aliphatic heterocycles. The Morgan fingerprint density at radius 2 is 2.00 bits per heavy atom. The molecule has 0 unspecified atom stereocenters. The van der Waals surface area contributed by atoms with E-state index in [1.165, 1.54) is 17.4 Å². The maximum absolute atomic E-state index is 12.9. The van der Waals surface area contributed by atoms with Crippen LogP contribution in [0.1, 0.15) is 32.9 Å². The van der Waals surface area contributed by atoms with Crippen molar-refractivity contribution in [1.29, 1.82) is 0 Å². The van der Waals surface area contributed by atoms with Gasteiger partial charge in [0, 0.05) is 18.2 Å². The third kappa shape index (κ3) is 3.72. The fraction of sp³-hybridized carbons (Fsp3) is 0.182. The van der Waals surface area contributed by atoms with E-state index in [2.05, 4.69) is 15.6 Å². The first-order valence-corrected chi connectivity index (χ1v) is 11.7. The number of nitrogens with one attached hydrogen (secondary N) is 2. The topological polar surface area (TPSA) is 96.6 Å². The molecule has 11 heteroatoms. The number of thiophene rings is 1. The molecule has 5 rings (SSSR count). The second-order valence-electron chi connectivity index (χ2n) is 7.47. The van der Waals surface area contributed by atoms with Crippen LogP contribution in [0.15, 0.2) is 28.7 Å². The van der Waals surface area contributed by atoms with Crippen molar-refractivity contribution in [2.75, 3.05) is 12.4 Å². The summed E-state index contributed by atoms with van der Waals surface area (Å²) in [5.41, 5.74) is 2.67. The monoisotopic (exact) mass is 523 g/mol. The van der Waals surface area contributed by atoms with Crippen molar-refractivity contribution < 1.29 is 19.1 Å². The fourth-order valence-corrected chi connectivity index (χ4v) is 5.69. The molecule has 1 aromatic carbocycles. The number of methoxy groups -OCH3 is 1. The second-order valence-corrected chi connectivity index (χ2v) is 9.66. The number of amides is 1. The lowest BCUT2D eigenvalue weighted by Gasteiger charge is -2.24. The summed E-state index contributed by atoms with van der Waals surface area (Å²) in [5.74, 6) is 0.164. The first-order valence-electron chi connectivity index (χ1n) is 9.74. The van der Waals surface area contributed by atoms with Crippen molar-refractivity contribution in [2.24, 2.45) is 0 Å². The Bertz CT molecular complexity index is 1430. The second kappa shape index (κ2) is 8.38. The number of hydrogen-bond acceptors (Lipinski definition) is 7. The molecule has 3 N–H and O–H groups in total. The number of aromatic nitrogens is 1. The van der Waals surface area contributed by atoms with Gasteiger partial charge in [0.2, 0.25) is 0 Å². The van der Waals surface area contributed by atoms with Crippen LogP contribution in [-0.2, 0) is 11.3 Å². The molecule has 4 aromatic rings. The number of rotatable bonds is 4. The van der Waals surface area contributed by atoms with E-state index in [0.29, 0.717) is 22.9 Å². The average molecular weight is 525 g/mol. The maximum atomic E-state index is 12.9. The predicted molar refractivity (Wildman–Crippen MR) is 130 cm³/mol. The third-order valence-electron chi connectivity index (χ3n) is 5.25. The van der Waals surface area contributed by atoms with Gasteiger partial charge in [-0.1, -0.05) is 34.8 Å². The van der Waals surface area contributed by atoms with Gasteiger partial charge < -0.3 is 24.9 Å². The van der Waals surface area contributed by atoms with Gasteiger partial charge in [0.15, 0.2) is 6.17 Å². The van der Waals surface area contributed by atoms with Crippen molar-refractivity contribution in [2.45, 2.75) is 19.7 Å². The number of aryl methyl sites for hydroxylation is 1. The largest absolute Gasteiger partial charge is 0.505 e. The summed E-state index contributed by atoms with van der Waals surface area (Å²) in [6.07, 6.45) is -0.656. The highest BCUT2D eigenvalue weighted by molar-refractivity contribution is 7.21. The zero-order chi connectivity index (χ0) is 23.4. The predicted octanol–water partition coefficient (Wildman–Crippen LogP) is 6.53. The van der Waals surface area contributed by atoms with E-state index in [4.69, 9.17) is 44.0 Å². The summed E-state index contributed by atoms with van der Waals surface area (Å²) in [5, 5.41) is 17.8. The van der Waals surface area contributed by atoms with Crippen LogP contribution in [0.2, 0.25) is 15.1 Å². The van der Waals surface area contributed by atoms with Crippen molar-refractivity contribution >= 4 is 68.0 Å². The molecule has 1 atom stereocenters.